The maximum atomic E-state index is 11.8. The molecule has 3 rings (SSSR count). The Morgan fingerprint density at radius 1 is 1.09 bits per heavy atom. The van der Waals surface area contributed by atoms with Crippen LogP contribution in [0.4, 0.5) is 5.69 Å². The molecule has 114 valence electrons. The van der Waals surface area contributed by atoms with E-state index in [4.69, 9.17) is 5.73 Å². The van der Waals surface area contributed by atoms with Crippen LogP contribution in [0.1, 0.15) is 21.5 Å². The van der Waals surface area contributed by atoms with Gasteiger partial charge in [0.15, 0.2) is 9.84 Å². The van der Waals surface area contributed by atoms with E-state index in [1.54, 1.807) is 0 Å². The lowest BCUT2D eigenvalue weighted by Gasteiger charge is -2.21. The molecule has 0 bridgehead atoms. The average Bonchev–Trinajstić information content (AvgIpc) is 2.89. The van der Waals surface area contributed by atoms with Crippen LogP contribution in [0.3, 0.4) is 0 Å². The highest BCUT2D eigenvalue weighted by molar-refractivity contribution is 7.90. The number of rotatable bonds is 3. The van der Waals surface area contributed by atoms with E-state index in [1.807, 2.05) is 29.2 Å². The van der Waals surface area contributed by atoms with Gasteiger partial charge in [0, 0.05) is 19.3 Å². The zero-order chi connectivity index (χ0) is 15.9. The topological polar surface area (TPSA) is 80.5 Å². The molecule has 1 heterocycles. The van der Waals surface area contributed by atoms with E-state index in [0.717, 1.165) is 6.26 Å². The summed E-state index contributed by atoms with van der Waals surface area (Å²) in [4.78, 5) is 13.8. The second-order valence-electron chi connectivity index (χ2n) is 5.44. The van der Waals surface area contributed by atoms with Crippen LogP contribution in [0.15, 0.2) is 47.4 Å². The molecular formula is C16H16N2O3S. The van der Waals surface area contributed by atoms with Gasteiger partial charge in [-0.05, 0) is 29.3 Å². The Kier molecular flexibility index (Phi) is 3.41. The SMILES string of the molecule is CS(=O)(=O)c1ccc(C(N)=O)c(N2Cc3ccccc3C2)c1. The summed E-state index contributed by atoms with van der Waals surface area (Å²) in [5.41, 5.74) is 8.66. The number of sulfone groups is 1. The van der Waals surface area contributed by atoms with Crippen molar-refractivity contribution in [3.8, 4) is 0 Å². The fraction of sp³-hybridized carbons (Fsp3) is 0.188. The maximum absolute atomic E-state index is 11.8. The molecule has 2 aromatic carbocycles. The van der Waals surface area contributed by atoms with Crippen LogP contribution < -0.4 is 10.6 Å². The van der Waals surface area contributed by atoms with Crippen molar-refractivity contribution < 1.29 is 13.2 Å². The minimum Gasteiger partial charge on any atom is -0.366 e. The molecule has 1 amide bonds. The average molecular weight is 316 g/mol. The number of nitrogens with zero attached hydrogens (tertiary/aromatic N) is 1. The Labute approximate surface area is 129 Å². The summed E-state index contributed by atoms with van der Waals surface area (Å²) in [6.07, 6.45) is 1.15. The molecular weight excluding hydrogens is 300 g/mol. The summed E-state index contributed by atoms with van der Waals surface area (Å²) in [5, 5.41) is 0. The third-order valence-corrected chi connectivity index (χ3v) is 4.95. The number of hydrogen-bond acceptors (Lipinski definition) is 4. The number of carbonyl (C=O) groups is 1. The third-order valence-electron chi connectivity index (χ3n) is 3.84. The number of benzene rings is 2. The summed E-state index contributed by atoms with van der Waals surface area (Å²) in [6.45, 7) is 1.26. The van der Waals surface area contributed by atoms with Crippen molar-refractivity contribution in [2.45, 2.75) is 18.0 Å². The second-order valence-corrected chi connectivity index (χ2v) is 7.46. The Hall–Kier alpha value is -2.34. The van der Waals surface area contributed by atoms with Gasteiger partial charge in [-0.2, -0.15) is 0 Å². The molecule has 0 aromatic heterocycles. The van der Waals surface area contributed by atoms with Crippen LogP contribution >= 0.6 is 0 Å². The highest BCUT2D eigenvalue weighted by Gasteiger charge is 2.23. The van der Waals surface area contributed by atoms with Crippen LogP contribution in [-0.4, -0.2) is 20.6 Å². The molecule has 5 nitrogen and oxygen atoms in total. The van der Waals surface area contributed by atoms with Crippen LogP contribution in [0.25, 0.3) is 0 Å². The lowest BCUT2D eigenvalue weighted by Crippen LogP contribution is -2.21. The molecule has 0 fully saturated rings. The minimum absolute atomic E-state index is 0.184. The lowest BCUT2D eigenvalue weighted by atomic mass is 10.1. The first kappa shape index (κ1) is 14.6. The van der Waals surface area contributed by atoms with Gasteiger partial charge in [-0.25, -0.2) is 8.42 Å². The van der Waals surface area contributed by atoms with Crippen molar-refractivity contribution in [1.82, 2.24) is 0 Å². The summed E-state index contributed by atoms with van der Waals surface area (Å²) in [6, 6.07) is 12.4. The Morgan fingerprint density at radius 3 is 2.18 bits per heavy atom. The predicted molar refractivity (Wildman–Crippen MR) is 84.4 cm³/mol. The molecule has 0 aliphatic carbocycles. The molecule has 6 heteroatoms. The standard InChI is InChI=1S/C16H16N2O3S/c1-22(20,21)13-6-7-14(16(17)19)15(8-13)18-9-11-4-2-3-5-12(11)10-18/h2-8H,9-10H2,1H3,(H2,17,19). The van der Waals surface area contributed by atoms with Gasteiger partial charge in [0.1, 0.15) is 0 Å². The first-order valence-corrected chi connectivity index (χ1v) is 8.71. The van der Waals surface area contributed by atoms with Crippen LogP contribution in [0, 0.1) is 0 Å². The van der Waals surface area contributed by atoms with Crippen LogP contribution in [0.5, 0.6) is 0 Å². The molecule has 1 aliphatic rings. The molecule has 0 spiro atoms. The van der Waals surface area contributed by atoms with Gasteiger partial charge in [0.2, 0.25) is 0 Å². The lowest BCUT2D eigenvalue weighted by molar-refractivity contribution is 0.100. The normalized spacial score (nSPS) is 14.0. The van der Waals surface area contributed by atoms with Crippen molar-refractivity contribution in [2.75, 3.05) is 11.2 Å². The highest BCUT2D eigenvalue weighted by atomic mass is 32.2. The molecule has 0 atom stereocenters. The first-order chi connectivity index (χ1) is 10.4. The Balaban J connectivity index is 2.08. The smallest absolute Gasteiger partial charge is 0.250 e. The predicted octanol–water partition coefficient (Wildman–Crippen LogP) is 1.71. The fourth-order valence-electron chi connectivity index (χ4n) is 2.72. The summed E-state index contributed by atoms with van der Waals surface area (Å²) < 4.78 is 23.5. The van der Waals surface area contributed by atoms with Gasteiger partial charge in [-0.1, -0.05) is 24.3 Å². The number of hydrogen-bond donors (Lipinski definition) is 1. The van der Waals surface area contributed by atoms with E-state index in [0.29, 0.717) is 24.3 Å². The quantitative estimate of drug-likeness (QED) is 0.935. The molecule has 0 saturated carbocycles. The molecule has 0 unspecified atom stereocenters. The monoisotopic (exact) mass is 316 g/mol. The van der Waals surface area contributed by atoms with Crippen molar-refractivity contribution in [3.05, 3.63) is 59.2 Å². The first-order valence-electron chi connectivity index (χ1n) is 6.82. The Bertz CT molecular complexity index is 834. The molecule has 1 aliphatic heterocycles. The van der Waals surface area contributed by atoms with Gasteiger partial charge in [0.25, 0.3) is 5.91 Å². The van der Waals surface area contributed by atoms with Crippen LogP contribution in [0.2, 0.25) is 0 Å². The van der Waals surface area contributed by atoms with Crippen molar-refractivity contribution in [2.24, 2.45) is 5.73 Å². The van der Waals surface area contributed by atoms with Crippen molar-refractivity contribution in [3.63, 3.8) is 0 Å². The maximum Gasteiger partial charge on any atom is 0.250 e. The van der Waals surface area contributed by atoms with Gasteiger partial charge < -0.3 is 10.6 Å². The van der Waals surface area contributed by atoms with E-state index in [2.05, 4.69) is 0 Å². The summed E-state index contributed by atoms with van der Waals surface area (Å²) >= 11 is 0. The van der Waals surface area contributed by atoms with Gasteiger partial charge in [-0.3, -0.25) is 4.79 Å². The zero-order valence-electron chi connectivity index (χ0n) is 12.1. The Morgan fingerprint density at radius 2 is 1.68 bits per heavy atom. The number of amides is 1. The number of primary amides is 1. The molecule has 2 N–H and O–H groups in total. The number of anilines is 1. The van der Waals surface area contributed by atoms with Gasteiger partial charge in [-0.15, -0.1) is 0 Å². The third kappa shape index (κ3) is 2.57. The van der Waals surface area contributed by atoms with E-state index < -0.39 is 15.7 Å². The van der Waals surface area contributed by atoms with E-state index in [-0.39, 0.29) is 4.90 Å². The highest BCUT2D eigenvalue weighted by Crippen LogP contribution is 2.32. The summed E-state index contributed by atoms with van der Waals surface area (Å²) in [7, 11) is -3.34. The molecule has 0 saturated heterocycles. The fourth-order valence-corrected chi connectivity index (χ4v) is 3.36. The zero-order valence-corrected chi connectivity index (χ0v) is 12.9. The van der Waals surface area contributed by atoms with E-state index in [1.165, 1.54) is 29.3 Å². The van der Waals surface area contributed by atoms with E-state index >= 15 is 0 Å². The van der Waals surface area contributed by atoms with Crippen LogP contribution in [-0.2, 0) is 22.9 Å². The minimum atomic E-state index is -3.34. The van der Waals surface area contributed by atoms with Crippen molar-refractivity contribution >= 4 is 21.4 Å². The number of nitrogens with two attached hydrogens (primary N) is 1. The number of carbonyl (C=O) groups excluding carboxylic acids is 1. The molecule has 22 heavy (non-hydrogen) atoms. The van der Waals surface area contributed by atoms with E-state index in [9.17, 15) is 13.2 Å². The van der Waals surface area contributed by atoms with Gasteiger partial charge in [0.05, 0.1) is 16.1 Å². The molecule has 0 radical (unpaired) electrons. The largest absolute Gasteiger partial charge is 0.366 e. The molecule has 2 aromatic rings. The second kappa shape index (κ2) is 5.14. The van der Waals surface area contributed by atoms with Gasteiger partial charge >= 0.3 is 0 Å². The summed E-state index contributed by atoms with van der Waals surface area (Å²) in [5.74, 6) is -0.564. The van der Waals surface area contributed by atoms with Crippen molar-refractivity contribution in [1.29, 1.82) is 0 Å². The number of fused-ring (bicyclic) bond motifs is 1.